The number of nitrogens with zero attached hydrogens (tertiary/aromatic N) is 3. The van der Waals surface area contributed by atoms with E-state index in [4.69, 9.17) is 9.26 Å². The highest BCUT2D eigenvalue weighted by molar-refractivity contribution is 5.93. The molecule has 3 heterocycles. The van der Waals surface area contributed by atoms with Gasteiger partial charge in [0, 0.05) is 45.3 Å². The van der Waals surface area contributed by atoms with Gasteiger partial charge >= 0.3 is 0 Å². The maximum Gasteiger partial charge on any atom is 0.292 e. The van der Waals surface area contributed by atoms with Crippen molar-refractivity contribution in [3.63, 3.8) is 0 Å². The topological polar surface area (TPSA) is 75.9 Å². The van der Waals surface area contributed by atoms with Crippen LogP contribution in [0.2, 0.25) is 0 Å². The maximum absolute atomic E-state index is 13.0. The molecule has 1 spiro atoms. The zero-order chi connectivity index (χ0) is 17.4. The summed E-state index contributed by atoms with van der Waals surface area (Å²) in [6, 6.07) is 1.78. The van der Waals surface area contributed by atoms with Crippen molar-refractivity contribution in [2.24, 2.45) is 5.41 Å². The van der Waals surface area contributed by atoms with Crippen LogP contribution in [0.15, 0.2) is 10.6 Å². The number of amides is 2. The summed E-state index contributed by atoms with van der Waals surface area (Å²) >= 11 is 0. The molecule has 0 N–H and O–H groups in total. The number of likely N-dealkylation sites (tertiary alicyclic amines) is 2. The Morgan fingerprint density at radius 3 is 3.00 bits per heavy atom. The number of methoxy groups -OCH3 is 1. The Morgan fingerprint density at radius 2 is 2.24 bits per heavy atom. The lowest BCUT2D eigenvalue weighted by Crippen LogP contribution is -2.51. The van der Waals surface area contributed by atoms with Crippen LogP contribution in [0.1, 0.15) is 54.3 Å². The maximum atomic E-state index is 13.0. The van der Waals surface area contributed by atoms with Gasteiger partial charge < -0.3 is 19.1 Å². The smallest absolute Gasteiger partial charge is 0.292 e. The van der Waals surface area contributed by atoms with Crippen LogP contribution in [0.4, 0.5) is 0 Å². The molecule has 3 aliphatic rings. The van der Waals surface area contributed by atoms with E-state index in [-0.39, 0.29) is 11.8 Å². The van der Waals surface area contributed by atoms with Crippen molar-refractivity contribution in [3.05, 3.63) is 17.5 Å². The van der Waals surface area contributed by atoms with Gasteiger partial charge in [-0.2, -0.15) is 0 Å². The average molecular weight is 347 g/mol. The minimum atomic E-state index is -0.430. The first-order chi connectivity index (χ1) is 12.1. The van der Waals surface area contributed by atoms with E-state index in [2.05, 4.69) is 5.16 Å². The molecule has 0 bridgehead atoms. The summed E-state index contributed by atoms with van der Waals surface area (Å²) in [6.45, 7) is 3.03. The molecule has 2 amide bonds. The third-order valence-corrected chi connectivity index (χ3v) is 5.77. The highest BCUT2D eigenvalue weighted by Crippen LogP contribution is 2.41. The van der Waals surface area contributed by atoms with E-state index in [0.29, 0.717) is 37.9 Å². The van der Waals surface area contributed by atoms with Crippen LogP contribution in [0.3, 0.4) is 0 Å². The Morgan fingerprint density at radius 1 is 1.40 bits per heavy atom. The molecular formula is C18H25N3O4. The molecule has 0 radical (unpaired) electrons. The minimum Gasteiger partial charge on any atom is -0.383 e. The summed E-state index contributed by atoms with van der Waals surface area (Å²) in [5.41, 5.74) is 0.456. The van der Waals surface area contributed by atoms with Gasteiger partial charge in [0.2, 0.25) is 11.7 Å². The molecule has 1 aromatic heterocycles. The molecular weight excluding hydrogens is 322 g/mol. The number of ether oxygens (including phenoxy) is 1. The molecule has 7 nitrogen and oxygen atoms in total. The quantitative estimate of drug-likeness (QED) is 0.809. The number of hydrogen-bond donors (Lipinski definition) is 0. The van der Waals surface area contributed by atoms with Gasteiger partial charge in [-0.1, -0.05) is 5.16 Å². The van der Waals surface area contributed by atoms with Crippen molar-refractivity contribution >= 4 is 11.8 Å². The van der Waals surface area contributed by atoms with E-state index in [0.717, 1.165) is 44.3 Å². The first kappa shape index (κ1) is 16.6. The monoisotopic (exact) mass is 347 g/mol. The third-order valence-electron chi connectivity index (χ3n) is 5.77. The first-order valence-corrected chi connectivity index (χ1v) is 9.17. The van der Waals surface area contributed by atoms with Crippen molar-refractivity contribution in [1.29, 1.82) is 0 Å². The van der Waals surface area contributed by atoms with Crippen molar-refractivity contribution in [2.45, 2.75) is 38.0 Å². The van der Waals surface area contributed by atoms with Crippen molar-refractivity contribution in [3.8, 4) is 0 Å². The lowest BCUT2D eigenvalue weighted by atomic mass is 9.78. The molecule has 2 saturated heterocycles. The molecule has 25 heavy (non-hydrogen) atoms. The molecule has 1 saturated carbocycles. The molecule has 0 aromatic carbocycles. The molecule has 1 unspecified atom stereocenters. The van der Waals surface area contributed by atoms with Gasteiger partial charge in [-0.3, -0.25) is 9.59 Å². The van der Waals surface area contributed by atoms with Crippen LogP contribution in [0.25, 0.3) is 0 Å². The van der Waals surface area contributed by atoms with Gasteiger partial charge in [0.25, 0.3) is 5.91 Å². The summed E-state index contributed by atoms with van der Waals surface area (Å²) in [6.07, 6.45) is 4.80. The second-order valence-corrected chi connectivity index (χ2v) is 7.54. The summed E-state index contributed by atoms with van der Waals surface area (Å²) < 4.78 is 10.4. The number of carbonyl (C=O) groups excluding carboxylic acids is 2. The zero-order valence-electron chi connectivity index (χ0n) is 14.7. The molecule has 4 rings (SSSR count). The van der Waals surface area contributed by atoms with E-state index < -0.39 is 5.41 Å². The number of piperidine rings is 1. The van der Waals surface area contributed by atoms with E-state index in [1.165, 1.54) is 0 Å². The largest absolute Gasteiger partial charge is 0.383 e. The van der Waals surface area contributed by atoms with E-state index in [1.54, 1.807) is 18.1 Å². The van der Waals surface area contributed by atoms with Crippen LogP contribution in [-0.2, 0) is 9.53 Å². The average Bonchev–Trinajstić information content (AvgIpc) is 3.20. The Bertz CT molecular complexity index is 669. The first-order valence-electron chi connectivity index (χ1n) is 9.17. The van der Waals surface area contributed by atoms with Crippen molar-refractivity contribution < 1.29 is 18.8 Å². The standard InChI is InChI=1S/C18H25N3O4/c1-24-10-9-20-7-2-5-18(17(20)23)6-8-21(12-18)16(22)15-11-14(19-25-15)13-3-4-13/h11,13H,2-10,12H2,1H3. The van der Waals surface area contributed by atoms with Crippen LogP contribution >= 0.6 is 0 Å². The summed E-state index contributed by atoms with van der Waals surface area (Å²) in [4.78, 5) is 29.3. The fraction of sp³-hybridized carbons (Fsp3) is 0.722. The van der Waals surface area contributed by atoms with Crippen molar-refractivity contribution in [1.82, 2.24) is 15.0 Å². The van der Waals surface area contributed by atoms with Gasteiger partial charge in [0.05, 0.1) is 17.7 Å². The molecule has 1 aliphatic carbocycles. The highest BCUT2D eigenvalue weighted by Gasteiger charge is 2.49. The van der Waals surface area contributed by atoms with Crippen molar-refractivity contribution in [2.75, 3.05) is 39.9 Å². The predicted octanol–water partition coefficient (Wildman–Crippen LogP) is 1.65. The Balaban J connectivity index is 1.44. The molecule has 1 atom stereocenters. The van der Waals surface area contributed by atoms with Crippen LogP contribution in [0.5, 0.6) is 0 Å². The van der Waals surface area contributed by atoms with Gasteiger partial charge in [0.15, 0.2) is 0 Å². The third kappa shape index (κ3) is 3.05. The number of hydrogen-bond acceptors (Lipinski definition) is 5. The Labute approximate surface area is 147 Å². The summed E-state index contributed by atoms with van der Waals surface area (Å²) in [5, 5.41) is 4.02. The molecule has 1 aromatic rings. The van der Waals surface area contributed by atoms with Crippen LogP contribution in [0, 0.1) is 5.41 Å². The SMILES string of the molecule is COCCN1CCCC2(CCN(C(=O)c3cc(C4CC4)no3)C2)C1=O. The highest BCUT2D eigenvalue weighted by atomic mass is 16.5. The summed E-state index contributed by atoms with van der Waals surface area (Å²) in [7, 11) is 1.65. The number of carbonyl (C=O) groups is 2. The van der Waals surface area contributed by atoms with Gasteiger partial charge in [-0.15, -0.1) is 0 Å². The second-order valence-electron chi connectivity index (χ2n) is 7.54. The van der Waals surface area contributed by atoms with Crippen LogP contribution in [-0.4, -0.2) is 66.7 Å². The Hall–Kier alpha value is -1.89. The lowest BCUT2D eigenvalue weighted by Gasteiger charge is -2.39. The predicted molar refractivity (Wildman–Crippen MR) is 89.1 cm³/mol. The van der Waals surface area contributed by atoms with E-state index >= 15 is 0 Å². The number of rotatable bonds is 5. The van der Waals surface area contributed by atoms with E-state index in [1.807, 2.05) is 4.90 Å². The molecule has 2 aliphatic heterocycles. The minimum absolute atomic E-state index is 0.141. The molecule has 136 valence electrons. The Kier molecular flexibility index (Phi) is 4.27. The summed E-state index contributed by atoms with van der Waals surface area (Å²) in [5.74, 6) is 0.795. The van der Waals surface area contributed by atoms with E-state index in [9.17, 15) is 9.59 Å². The second kappa shape index (κ2) is 6.44. The molecule has 7 heteroatoms. The van der Waals surface area contributed by atoms with Crippen LogP contribution < -0.4 is 0 Å². The zero-order valence-corrected chi connectivity index (χ0v) is 14.7. The van der Waals surface area contributed by atoms with Gasteiger partial charge in [-0.05, 0) is 32.1 Å². The van der Waals surface area contributed by atoms with Gasteiger partial charge in [0.1, 0.15) is 0 Å². The molecule has 3 fully saturated rings. The fourth-order valence-corrected chi connectivity index (χ4v) is 4.11. The lowest BCUT2D eigenvalue weighted by molar-refractivity contribution is -0.146. The number of aromatic nitrogens is 1. The fourth-order valence-electron chi connectivity index (χ4n) is 4.11. The normalized spacial score (nSPS) is 26.7. The van der Waals surface area contributed by atoms with Gasteiger partial charge in [-0.25, -0.2) is 0 Å².